The molecule has 0 saturated carbocycles. The fourth-order valence-corrected chi connectivity index (χ4v) is 5.24. The Hall–Kier alpha value is -0.180. The maximum atomic E-state index is 10.6. The summed E-state index contributed by atoms with van der Waals surface area (Å²) in [5.41, 5.74) is 0. The second-order valence-electron chi connectivity index (χ2n) is 9.35. The minimum Gasteiger partial charge on any atom is -0.286 e. The van der Waals surface area contributed by atoms with Gasteiger partial charge in [-0.15, -0.1) is 0 Å². The SMILES string of the molecule is O=S(=O)(O)CCCCCCCCCCCCCCCCCCCCCCCCS(=O)(=O)O. The monoisotopic (exact) mass is 498 g/mol. The van der Waals surface area contributed by atoms with E-state index in [0.717, 1.165) is 25.7 Å². The molecule has 0 aliphatic carbocycles. The zero-order valence-corrected chi connectivity index (χ0v) is 21.9. The molecule has 0 bridgehead atoms. The molecule has 194 valence electrons. The molecule has 0 aromatic heterocycles. The van der Waals surface area contributed by atoms with Gasteiger partial charge in [-0.05, 0) is 12.8 Å². The second-order valence-corrected chi connectivity index (χ2v) is 12.5. The first-order valence-corrected chi connectivity index (χ1v) is 16.3. The minimum absolute atomic E-state index is 0.0984. The molecule has 8 heteroatoms. The van der Waals surface area contributed by atoms with Gasteiger partial charge in [0.1, 0.15) is 0 Å². The van der Waals surface area contributed by atoms with Crippen LogP contribution in [0.4, 0.5) is 0 Å². The first-order chi connectivity index (χ1) is 15.2. The van der Waals surface area contributed by atoms with Gasteiger partial charge in [-0.25, -0.2) is 0 Å². The van der Waals surface area contributed by atoms with E-state index in [-0.39, 0.29) is 11.5 Å². The summed E-state index contributed by atoms with van der Waals surface area (Å²) in [6.45, 7) is 0. The molecular formula is C24H50O6S2. The largest absolute Gasteiger partial charge is 0.286 e. The quantitative estimate of drug-likeness (QED) is 0.101. The van der Waals surface area contributed by atoms with Crippen molar-refractivity contribution in [1.29, 1.82) is 0 Å². The highest BCUT2D eigenvalue weighted by molar-refractivity contribution is 7.86. The Kier molecular flexibility index (Phi) is 21.2. The highest BCUT2D eigenvalue weighted by Crippen LogP contribution is 2.15. The molecule has 0 rings (SSSR count). The van der Waals surface area contributed by atoms with Gasteiger partial charge in [0, 0.05) is 0 Å². The van der Waals surface area contributed by atoms with Crippen LogP contribution in [0.3, 0.4) is 0 Å². The van der Waals surface area contributed by atoms with Crippen LogP contribution in [0.25, 0.3) is 0 Å². The summed E-state index contributed by atoms with van der Waals surface area (Å²) in [6, 6.07) is 0. The smallest absolute Gasteiger partial charge is 0.264 e. The molecule has 0 fully saturated rings. The maximum absolute atomic E-state index is 10.6. The summed E-state index contributed by atoms with van der Waals surface area (Å²) in [7, 11) is -7.55. The average molecular weight is 499 g/mol. The average Bonchev–Trinajstić information content (AvgIpc) is 2.69. The Bertz CT molecular complexity index is 548. The van der Waals surface area contributed by atoms with Gasteiger partial charge in [-0.3, -0.25) is 9.11 Å². The lowest BCUT2D eigenvalue weighted by atomic mass is 10.0. The standard InChI is InChI=1S/C24H50O6S2/c25-31(26,27)23-21-19-17-15-13-11-9-7-5-3-1-2-4-6-8-10-12-14-16-18-20-22-24-32(28,29)30/h1-24H2,(H,25,26,27)(H,28,29,30). The predicted molar refractivity (Wildman–Crippen MR) is 134 cm³/mol. The lowest BCUT2D eigenvalue weighted by molar-refractivity contribution is 0.476. The maximum Gasteiger partial charge on any atom is 0.264 e. The molecule has 6 nitrogen and oxygen atoms in total. The highest BCUT2D eigenvalue weighted by Gasteiger charge is 2.03. The lowest BCUT2D eigenvalue weighted by Gasteiger charge is -2.04. The molecule has 0 aromatic carbocycles. The van der Waals surface area contributed by atoms with E-state index in [9.17, 15) is 16.8 Å². The van der Waals surface area contributed by atoms with Gasteiger partial charge in [-0.1, -0.05) is 128 Å². The molecule has 0 aromatic rings. The van der Waals surface area contributed by atoms with Gasteiger partial charge in [0.15, 0.2) is 0 Å². The second kappa shape index (κ2) is 21.4. The summed E-state index contributed by atoms with van der Waals surface area (Å²) in [4.78, 5) is 0. The lowest BCUT2D eigenvalue weighted by Crippen LogP contribution is -2.03. The van der Waals surface area contributed by atoms with Crippen LogP contribution in [0.1, 0.15) is 141 Å². The van der Waals surface area contributed by atoms with Crippen LogP contribution in [-0.4, -0.2) is 37.4 Å². The van der Waals surface area contributed by atoms with E-state index in [1.54, 1.807) is 0 Å². The molecule has 0 atom stereocenters. The molecule has 0 amide bonds. The van der Waals surface area contributed by atoms with Crippen LogP contribution >= 0.6 is 0 Å². The Balaban J connectivity index is 3.09. The van der Waals surface area contributed by atoms with Gasteiger partial charge in [0.05, 0.1) is 11.5 Å². The van der Waals surface area contributed by atoms with Crippen molar-refractivity contribution in [1.82, 2.24) is 0 Å². The third kappa shape index (κ3) is 29.8. The van der Waals surface area contributed by atoms with Crippen LogP contribution in [-0.2, 0) is 20.2 Å². The van der Waals surface area contributed by atoms with Crippen LogP contribution in [0.5, 0.6) is 0 Å². The van der Waals surface area contributed by atoms with Crippen molar-refractivity contribution in [3.05, 3.63) is 0 Å². The van der Waals surface area contributed by atoms with Crippen molar-refractivity contribution < 1.29 is 25.9 Å². The third-order valence-corrected chi connectivity index (χ3v) is 7.66. The first kappa shape index (κ1) is 31.8. The van der Waals surface area contributed by atoms with Crippen molar-refractivity contribution in [2.45, 2.75) is 141 Å². The van der Waals surface area contributed by atoms with Gasteiger partial charge in [0.2, 0.25) is 0 Å². The fraction of sp³-hybridized carbons (Fsp3) is 1.00. The molecule has 0 aliphatic heterocycles. The molecule has 0 unspecified atom stereocenters. The van der Waals surface area contributed by atoms with E-state index in [1.165, 1.54) is 103 Å². The van der Waals surface area contributed by atoms with E-state index in [1.807, 2.05) is 0 Å². The number of hydrogen-bond donors (Lipinski definition) is 2. The van der Waals surface area contributed by atoms with Crippen molar-refractivity contribution in [2.24, 2.45) is 0 Å². The van der Waals surface area contributed by atoms with Crippen LogP contribution in [0, 0.1) is 0 Å². The van der Waals surface area contributed by atoms with Crippen LogP contribution in [0.15, 0.2) is 0 Å². The summed E-state index contributed by atoms with van der Waals surface area (Å²) in [5, 5.41) is 0. The van der Waals surface area contributed by atoms with Crippen LogP contribution in [0.2, 0.25) is 0 Å². The molecule has 0 radical (unpaired) electrons. The third-order valence-electron chi connectivity index (χ3n) is 6.05. The topological polar surface area (TPSA) is 109 Å². The zero-order valence-electron chi connectivity index (χ0n) is 20.3. The summed E-state index contributed by atoms with van der Waals surface area (Å²) >= 11 is 0. The van der Waals surface area contributed by atoms with E-state index in [2.05, 4.69) is 0 Å². The molecule has 2 N–H and O–H groups in total. The Morgan fingerprint density at radius 1 is 0.281 bits per heavy atom. The minimum atomic E-state index is -3.77. The Morgan fingerprint density at radius 3 is 0.531 bits per heavy atom. The van der Waals surface area contributed by atoms with Gasteiger partial charge in [-0.2, -0.15) is 16.8 Å². The van der Waals surface area contributed by atoms with Crippen LogP contribution < -0.4 is 0 Å². The molecule has 0 heterocycles. The van der Waals surface area contributed by atoms with Crippen molar-refractivity contribution >= 4 is 20.2 Å². The molecule has 32 heavy (non-hydrogen) atoms. The first-order valence-electron chi connectivity index (χ1n) is 13.1. The zero-order chi connectivity index (χ0) is 24.0. The number of rotatable bonds is 25. The Labute approximate surface area is 198 Å². The van der Waals surface area contributed by atoms with Crippen molar-refractivity contribution in [2.75, 3.05) is 11.5 Å². The molecule has 0 aliphatic rings. The summed E-state index contributed by atoms with van der Waals surface area (Å²) in [6.07, 6.45) is 25.8. The summed E-state index contributed by atoms with van der Waals surface area (Å²) in [5.74, 6) is -0.197. The van der Waals surface area contributed by atoms with E-state index >= 15 is 0 Å². The van der Waals surface area contributed by atoms with E-state index in [4.69, 9.17) is 9.11 Å². The predicted octanol–water partition coefficient (Wildman–Crippen LogP) is 7.34. The van der Waals surface area contributed by atoms with Gasteiger partial charge < -0.3 is 0 Å². The molecular weight excluding hydrogens is 448 g/mol. The molecule has 0 saturated heterocycles. The van der Waals surface area contributed by atoms with E-state index < -0.39 is 20.2 Å². The normalized spacial score (nSPS) is 12.4. The Morgan fingerprint density at radius 2 is 0.406 bits per heavy atom. The van der Waals surface area contributed by atoms with Crippen molar-refractivity contribution in [3.8, 4) is 0 Å². The number of unbranched alkanes of at least 4 members (excludes halogenated alkanes) is 21. The highest BCUT2D eigenvalue weighted by atomic mass is 32.2. The fourth-order valence-electron chi connectivity index (χ4n) is 4.10. The van der Waals surface area contributed by atoms with Gasteiger partial charge >= 0.3 is 0 Å². The van der Waals surface area contributed by atoms with Gasteiger partial charge in [0.25, 0.3) is 20.2 Å². The summed E-state index contributed by atoms with van der Waals surface area (Å²) < 4.78 is 59.7. The number of hydrogen-bond acceptors (Lipinski definition) is 4. The van der Waals surface area contributed by atoms with Crippen molar-refractivity contribution in [3.63, 3.8) is 0 Å². The molecule has 0 spiro atoms. The van der Waals surface area contributed by atoms with E-state index in [0.29, 0.717) is 12.8 Å².